The Morgan fingerprint density at radius 1 is 1.35 bits per heavy atom. The van der Waals surface area contributed by atoms with Crippen LogP contribution < -0.4 is 5.32 Å². The summed E-state index contributed by atoms with van der Waals surface area (Å²) in [5.41, 5.74) is 0.299. The summed E-state index contributed by atoms with van der Waals surface area (Å²) in [6.45, 7) is 8.14. The molecule has 1 atom stereocenters. The Bertz CT molecular complexity index is 218. The Labute approximate surface area is 106 Å². The fourth-order valence-corrected chi connectivity index (χ4v) is 3.56. The average Bonchev–Trinajstić information content (AvgIpc) is 2.79. The van der Waals surface area contributed by atoms with E-state index >= 15 is 0 Å². The molecule has 1 N–H and O–H groups in total. The first-order valence-corrected chi connectivity index (χ1v) is 7.24. The summed E-state index contributed by atoms with van der Waals surface area (Å²) >= 11 is 0. The zero-order chi connectivity index (χ0) is 12.1. The molecule has 0 aromatic rings. The summed E-state index contributed by atoms with van der Waals surface area (Å²) in [6.07, 6.45) is 6.69. The van der Waals surface area contributed by atoms with Crippen LogP contribution in [0, 0.1) is 5.92 Å². The smallest absolute Gasteiger partial charge is 0.0644 e. The Hall–Kier alpha value is -0.120. The van der Waals surface area contributed by atoms with Crippen molar-refractivity contribution in [3.05, 3.63) is 0 Å². The second-order valence-corrected chi connectivity index (χ2v) is 5.83. The third kappa shape index (κ3) is 3.43. The lowest BCUT2D eigenvalue weighted by atomic mass is 9.82. The van der Waals surface area contributed by atoms with Gasteiger partial charge < -0.3 is 15.0 Å². The number of nitrogens with zero attached hydrogens (tertiary/aromatic N) is 1. The Morgan fingerprint density at radius 3 is 2.65 bits per heavy atom. The van der Waals surface area contributed by atoms with Crippen molar-refractivity contribution in [2.45, 2.75) is 44.6 Å². The highest BCUT2D eigenvalue weighted by Crippen LogP contribution is 2.32. The minimum atomic E-state index is 0.299. The molecule has 1 unspecified atom stereocenters. The Balaban J connectivity index is 1.82. The molecule has 2 heterocycles. The van der Waals surface area contributed by atoms with Crippen molar-refractivity contribution in [3.8, 4) is 0 Å². The maximum absolute atomic E-state index is 5.44. The lowest BCUT2D eigenvalue weighted by Crippen LogP contribution is -2.47. The van der Waals surface area contributed by atoms with E-state index in [1.165, 1.54) is 58.3 Å². The van der Waals surface area contributed by atoms with Gasteiger partial charge in [-0.25, -0.2) is 0 Å². The second-order valence-electron chi connectivity index (χ2n) is 5.83. The van der Waals surface area contributed by atoms with E-state index in [-0.39, 0.29) is 0 Å². The van der Waals surface area contributed by atoms with Crippen LogP contribution in [0.3, 0.4) is 0 Å². The summed E-state index contributed by atoms with van der Waals surface area (Å²) in [7, 11) is 1.83. The number of nitrogens with one attached hydrogen (secondary N) is 1. The Kier molecular flexibility index (Phi) is 4.83. The van der Waals surface area contributed by atoms with E-state index in [2.05, 4.69) is 17.1 Å². The number of rotatable bonds is 5. The van der Waals surface area contributed by atoms with Gasteiger partial charge in [0.25, 0.3) is 0 Å². The summed E-state index contributed by atoms with van der Waals surface area (Å²) in [5, 5.41) is 3.70. The van der Waals surface area contributed by atoms with Crippen molar-refractivity contribution in [1.29, 1.82) is 0 Å². The fraction of sp³-hybridized carbons (Fsp3) is 1.00. The van der Waals surface area contributed by atoms with Gasteiger partial charge in [0.15, 0.2) is 0 Å². The van der Waals surface area contributed by atoms with E-state index in [0.717, 1.165) is 12.5 Å². The van der Waals surface area contributed by atoms with E-state index in [0.29, 0.717) is 5.54 Å². The SMILES string of the molecule is CCN1CCC(CC2(COC)CCCN2)CC1. The van der Waals surface area contributed by atoms with Crippen LogP contribution in [0.1, 0.15) is 39.0 Å². The molecule has 0 spiro atoms. The van der Waals surface area contributed by atoms with Gasteiger partial charge in [0.1, 0.15) is 0 Å². The van der Waals surface area contributed by atoms with Crippen molar-refractivity contribution in [2.75, 3.05) is 39.9 Å². The topological polar surface area (TPSA) is 24.5 Å². The standard InChI is InChI=1S/C14H28N2O/c1-3-16-9-5-13(6-10-16)11-14(12-17-2)7-4-8-15-14/h13,15H,3-12H2,1-2H3. The number of ether oxygens (including phenoxy) is 1. The van der Waals surface area contributed by atoms with Crippen LogP contribution in [-0.4, -0.2) is 50.3 Å². The molecule has 0 aliphatic carbocycles. The predicted molar refractivity (Wildman–Crippen MR) is 71.3 cm³/mol. The molecular weight excluding hydrogens is 212 g/mol. The monoisotopic (exact) mass is 240 g/mol. The molecule has 0 amide bonds. The van der Waals surface area contributed by atoms with Crippen molar-refractivity contribution in [2.24, 2.45) is 5.92 Å². The molecular formula is C14H28N2O. The lowest BCUT2D eigenvalue weighted by Gasteiger charge is -2.37. The van der Waals surface area contributed by atoms with Gasteiger partial charge >= 0.3 is 0 Å². The molecule has 17 heavy (non-hydrogen) atoms. The molecule has 0 saturated carbocycles. The average molecular weight is 240 g/mol. The number of hydrogen-bond acceptors (Lipinski definition) is 3. The zero-order valence-corrected chi connectivity index (χ0v) is 11.5. The maximum Gasteiger partial charge on any atom is 0.0644 e. The maximum atomic E-state index is 5.44. The third-order valence-electron chi connectivity index (χ3n) is 4.59. The number of likely N-dealkylation sites (tertiary alicyclic amines) is 1. The molecule has 2 rings (SSSR count). The van der Waals surface area contributed by atoms with Crippen LogP contribution in [-0.2, 0) is 4.74 Å². The van der Waals surface area contributed by atoms with Crippen molar-refractivity contribution in [1.82, 2.24) is 10.2 Å². The first-order valence-electron chi connectivity index (χ1n) is 7.24. The molecule has 0 radical (unpaired) electrons. The highest BCUT2D eigenvalue weighted by atomic mass is 16.5. The first kappa shape index (κ1) is 13.3. The van der Waals surface area contributed by atoms with E-state index in [1.54, 1.807) is 0 Å². The van der Waals surface area contributed by atoms with Crippen LogP contribution >= 0.6 is 0 Å². The van der Waals surface area contributed by atoms with Crippen LogP contribution in [0.25, 0.3) is 0 Å². The van der Waals surface area contributed by atoms with Crippen LogP contribution in [0.5, 0.6) is 0 Å². The zero-order valence-electron chi connectivity index (χ0n) is 11.5. The van der Waals surface area contributed by atoms with E-state index in [4.69, 9.17) is 4.74 Å². The van der Waals surface area contributed by atoms with Gasteiger partial charge in [-0.15, -0.1) is 0 Å². The normalized spacial score (nSPS) is 32.1. The van der Waals surface area contributed by atoms with E-state index in [9.17, 15) is 0 Å². The molecule has 2 aliphatic heterocycles. The highest BCUT2D eigenvalue weighted by Gasteiger charge is 2.36. The largest absolute Gasteiger partial charge is 0.383 e. The van der Waals surface area contributed by atoms with Gasteiger partial charge in [-0.2, -0.15) is 0 Å². The molecule has 3 nitrogen and oxygen atoms in total. The number of piperidine rings is 1. The molecule has 0 bridgehead atoms. The summed E-state index contributed by atoms with van der Waals surface area (Å²) in [6, 6.07) is 0. The third-order valence-corrected chi connectivity index (χ3v) is 4.59. The number of methoxy groups -OCH3 is 1. The molecule has 0 aromatic heterocycles. The second kappa shape index (κ2) is 6.17. The van der Waals surface area contributed by atoms with Gasteiger partial charge in [-0.3, -0.25) is 0 Å². The molecule has 0 aromatic carbocycles. The van der Waals surface area contributed by atoms with Gasteiger partial charge in [-0.1, -0.05) is 6.92 Å². The molecule has 2 saturated heterocycles. The van der Waals surface area contributed by atoms with Crippen molar-refractivity contribution < 1.29 is 4.74 Å². The molecule has 100 valence electrons. The first-order chi connectivity index (χ1) is 8.28. The van der Waals surface area contributed by atoms with E-state index in [1.807, 2.05) is 7.11 Å². The van der Waals surface area contributed by atoms with Crippen LogP contribution in [0.2, 0.25) is 0 Å². The van der Waals surface area contributed by atoms with Crippen LogP contribution in [0.4, 0.5) is 0 Å². The van der Waals surface area contributed by atoms with Gasteiger partial charge in [0.05, 0.1) is 6.61 Å². The molecule has 2 aliphatic rings. The van der Waals surface area contributed by atoms with Gasteiger partial charge in [0.2, 0.25) is 0 Å². The summed E-state index contributed by atoms with van der Waals surface area (Å²) in [4.78, 5) is 2.57. The molecule has 2 fully saturated rings. The molecule has 3 heteroatoms. The minimum Gasteiger partial charge on any atom is -0.383 e. The highest BCUT2D eigenvalue weighted by molar-refractivity contribution is 4.95. The predicted octanol–water partition coefficient (Wildman–Crippen LogP) is 1.88. The Morgan fingerprint density at radius 2 is 2.12 bits per heavy atom. The van der Waals surface area contributed by atoms with Crippen molar-refractivity contribution in [3.63, 3.8) is 0 Å². The van der Waals surface area contributed by atoms with E-state index < -0.39 is 0 Å². The van der Waals surface area contributed by atoms with Gasteiger partial charge in [0, 0.05) is 12.6 Å². The fourth-order valence-electron chi connectivity index (χ4n) is 3.56. The quantitative estimate of drug-likeness (QED) is 0.794. The van der Waals surface area contributed by atoms with Crippen molar-refractivity contribution >= 4 is 0 Å². The van der Waals surface area contributed by atoms with Gasteiger partial charge in [-0.05, 0) is 64.2 Å². The summed E-state index contributed by atoms with van der Waals surface area (Å²) < 4.78 is 5.44. The number of hydrogen-bond donors (Lipinski definition) is 1. The summed E-state index contributed by atoms with van der Waals surface area (Å²) in [5.74, 6) is 0.901. The van der Waals surface area contributed by atoms with Crippen LogP contribution in [0.15, 0.2) is 0 Å². The lowest BCUT2D eigenvalue weighted by molar-refractivity contribution is 0.0869. The minimum absolute atomic E-state index is 0.299.